The minimum absolute atomic E-state index is 0.302. The lowest BCUT2D eigenvalue weighted by Crippen LogP contribution is -2.19. The summed E-state index contributed by atoms with van der Waals surface area (Å²) in [5, 5.41) is 5.68. The Bertz CT molecular complexity index is 1460. The maximum atomic E-state index is 12.3. The number of carbonyl (C=O) groups excluding carboxylic acids is 1. The summed E-state index contributed by atoms with van der Waals surface area (Å²) in [6, 6.07) is 24.7. The number of nitrogens with one attached hydrogen (secondary N) is 2. The molecule has 3 aromatic carbocycles. The summed E-state index contributed by atoms with van der Waals surface area (Å²) in [6.07, 6.45) is 3.61. The van der Waals surface area contributed by atoms with E-state index >= 15 is 0 Å². The molecule has 2 amide bonds. The smallest absolute Gasteiger partial charge is 0.323 e. The normalized spacial score (nSPS) is 10.8. The number of pyridine rings is 1. The minimum Gasteiger partial charge on any atom is -0.497 e. The average Bonchev–Trinajstić information content (AvgIpc) is 3.29. The summed E-state index contributed by atoms with van der Waals surface area (Å²) >= 11 is 3.39. The van der Waals surface area contributed by atoms with Gasteiger partial charge in [-0.2, -0.15) is 0 Å². The van der Waals surface area contributed by atoms with Crippen LogP contribution in [0.4, 0.5) is 16.2 Å². The van der Waals surface area contributed by atoms with Crippen LogP contribution in [0.3, 0.4) is 0 Å². The van der Waals surface area contributed by atoms with Gasteiger partial charge in [0.15, 0.2) is 5.65 Å². The molecular weight excluding hydrogens is 506 g/mol. The summed E-state index contributed by atoms with van der Waals surface area (Å²) in [6.45, 7) is 0.660. The van der Waals surface area contributed by atoms with E-state index in [-0.39, 0.29) is 6.03 Å². The molecule has 174 valence electrons. The van der Waals surface area contributed by atoms with Crippen molar-refractivity contribution >= 4 is 44.5 Å². The summed E-state index contributed by atoms with van der Waals surface area (Å²) in [4.78, 5) is 21.5. The van der Waals surface area contributed by atoms with Crippen molar-refractivity contribution in [3.05, 3.63) is 101 Å². The predicted molar refractivity (Wildman–Crippen MR) is 142 cm³/mol. The number of imidazole rings is 1. The molecule has 0 radical (unpaired) electrons. The number of hydrogen-bond donors (Lipinski definition) is 2. The Morgan fingerprint density at radius 3 is 2.20 bits per heavy atom. The van der Waals surface area contributed by atoms with E-state index in [1.165, 1.54) is 0 Å². The molecule has 0 fully saturated rings. The molecule has 0 aliphatic carbocycles. The number of benzene rings is 3. The third-order valence-electron chi connectivity index (χ3n) is 5.57. The van der Waals surface area contributed by atoms with E-state index in [0.29, 0.717) is 17.9 Å². The SMILES string of the molecule is COc1ccc(Cn2cnc3c(-c4ccc(NC(=O)Nc5ccc(Br)cc5)cc4)ccnc32)cc1. The van der Waals surface area contributed by atoms with Gasteiger partial charge in [-0.3, -0.25) is 0 Å². The molecule has 5 aromatic rings. The van der Waals surface area contributed by atoms with Gasteiger partial charge >= 0.3 is 6.03 Å². The molecule has 2 aromatic heterocycles. The molecule has 2 N–H and O–H groups in total. The Morgan fingerprint density at radius 2 is 1.54 bits per heavy atom. The van der Waals surface area contributed by atoms with E-state index in [1.54, 1.807) is 13.3 Å². The first-order valence-corrected chi connectivity index (χ1v) is 11.7. The number of anilines is 2. The largest absolute Gasteiger partial charge is 0.497 e. The number of amides is 2. The number of aromatic nitrogens is 3. The molecule has 0 aliphatic rings. The van der Waals surface area contributed by atoms with Crippen LogP contribution in [0.1, 0.15) is 5.56 Å². The Labute approximate surface area is 210 Å². The summed E-state index contributed by atoms with van der Waals surface area (Å²) < 4.78 is 8.22. The van der Waals surface area contributed by atoms with Crippen molar-refractivity contribution in [1.82, 2.24) is 14.5 Å². The topological polar surface area (TPSA) is 81.1 Å². The van der Waals surface area contributed by atoms with E-state index in [2.05, 4.69) is 36.5 Å². The lowest BCUT2D eigenvalue weighted by Gasteiger charge is -2.09. The zero-order chi connectivity index (χ0) is 24.2. The van der Waals surface area contributed by atoms with Crippen LogP contribution in [0.2, 0.25) is 0 Å². The highest BCUT2D eigenvalue weighted by molar-refractivity contribution is 9.10. The molecule has 0 unspecified atom stereocenters. The summed E-state index contributed by atoms with van der Waals surface area (Å²) in [5.41, 5.74) is 6.16. The lowest BCUT2D eigenvalue weighted by molar-refractivity contribution is 0.262. The number of hydrogen-bond acceptors (Lipinski definition) is 4. The van der Waals surface area contributed by atoms with Crippen molar-refractivity contribution in [3.63, 3.8) is 0 Å². The molecule has 0 bridgehead atoms. The average molecular weight is 528 g/mol. The van der Waals surface area contributed by atoms with Crippen LogP contribution in [-0.4, -0.2) is 27.7 Å². The minimum atomic E-state index is -0.302. The first-order valence-electron chi connectivity index (χ1n) is 11.0. The van der Waals surface area contributed by atoms with Gasteiger partial charge in [-0.05, 0) is 65.7 Å². The third-order valence-corrected chi connectivity index (χ3v) is 6.10. The number of nitrogens with zero attached hydrogens (tertiary/aromatic N) is 3. The second-order valence-electron chi connectivity index (χ2n) is 7.91. The maximum absolute atomic E-state index is 12.3. The lowest BCUT2D eigenvalue weighted by atomic mass is 10.1. The van der Waals surface area contributed by atoms with Crippen molar-refractivity contribution in [2.75, 3.05) is 17.7 Å². The zero-order valence-corrected chi connectivity index (χ0v) is 20.5. The Morgan fingerprint density at radius 1 is 0.886 bits per heavy atom. The standard InChI is InChI=1S/C27H22BrN5O2/c1-35-23-12-2-18(3-13-23)16-33-17-30-25-24(14-15-29-26(25)33)19-4-8-21(9-5-19)31-27(34)32-22-10-6-20(28)7-11-22/h2-15,17H,16H2,1H3,(H2,31,32,34). The van der Waals surface area contributed by atoms with Crippen LogP contribution in [0.15, 0.2) is 95.9 Å². The van der Waals surface area contributed by atoms with Gasteiger partial charge in [0.2, 0.25) is 0 Å². The fourth-order valence-electron chi connectivity index (χ4n) is 3.80. The molecule has 35 heavy (non-hydrogen) atoms. The number of carbonyl (C=O) groups is 1. The zero-order valence-electron chi connectivity index (χ0n) is 18.9. The van der Waals surface area contributed by atoms with Crippen molar-refractivity contribution in [1.29, 1.82) is 0 Å². The number of methoxy groups -OCH3 is 1. The molecule has 8 heteroatoms. The van der Waals surface area contributed by atoms with Gasteiger partial charge in [-0.1, -0.05) is 40.2 Å². The molecule has 5 rings (SSSR count). The van der Waals surface area contributed by atoms with Crippen molar-refractivity contribution in [3.8, 4) is 16.9 Å². The van der Waals surface area contributed by atoms with Gasteiger partial charge in [0.1, 0.15) is 11.3 Å². The predicted octanol–water partition coefficient (Wildman–Crippen LogP) is 6.56. The second-order valence-corrected chi connectivity index (χ2v) is 8.83. The molecule has 0 atom stereocenters. The first-order chi connectivity index (χ1) is 17.1. The Balaban J connectivity index is 1.31. The molecule has 2 heterocycles. The van der Waals surface area contributed by atoms with Crippen LogP contribution in [-0.2, 0) is 6.54 Å². The van der Waals surface area contributed by atoms with Crippen LogP contribution < -0.4 is 15.4 Å². The van der Waals surface area contributed by atoms with Gasteiger partial charge in [0.05, 0.1) is 20.0 Å². The van der Waals surface area contributed by atoms with Crippen LogP contribution in [0.25, 0.3) is 22.3 Å². The number of urea groups is 1. The number of fused-ring (bicyclic) bond motifs is 1. The fourth-order valence-corrected chi connectivity index (χ4v) is 4.06. The van der Waals surface area contributed by atoms with E-state index in [0.717, 1.165) is 38.1 Å². The summed E-state index contributed by atoms with van der Waals surface area (Å²) in [7, 11) is 1.66. The maximum Gasteiger partial charge on any atom is 0.323 e. The van der Waals surface area contributed by atoms with E-state index in [1.807, 2.05) is 89.8 Å². The molecule has 7 nitrogen and oxygen atoms in total. The Kier molecular flexibility index (Phi) is 6.45. The van der Waals surface area contributed by atoms with E-state index in [4.69, 9.17) is 4.74 Å². The highest BCUT2D eigenvalue weighted by Gasteiger charge is 2.11. The fraction of sp³-hybridized carbons (Fsp3) is 0.0741. The van der Waals surface area contributed by atoms with Crippen LogP contribution in [0, 0.1) is 0 Å². The van der Waals surface area contributed by atoms with Crippen LogP contribution in [0.5, 0.6) is 5.75 Å². The van der Waals surface area contributed by atoms with Crippen LogP contribution >= 0.6 is 15.9 Å². The van der Waals surface area contributed by atoms with Gasteiger partial charge in [0, 0.05) is 27.6 Å². The number of halogens is 1. The van der Waals surface area contributed by atoms with Gasteiger partial charge < -0.3 is 19.9 Å². The molecule has 0 spiro atoms. The third kappa shape index (κ3) is 5.17. The monoisotopic (exact) mass is 527 g/mol. The van der Waals surface area contributed by atoms with E-state index in [9.17, 15) is 4.79 Å². The van der Waals surface area contributed by atoms with Crippen molar-refractivity contribution in [2.24, 2.45) is 0 Å². The highest BCUT2D eigenvalue weighted by atomic mass is 79.9. The summed E-state index contributed by atoms with van der Waals surface area (Å²) in [5.74, 6) is 0.827. The van der Waals surface area contributed by atoms with Gasteiger partial charge in [-0.25, -0.2) is 14.8 Å². The van der Waals surface area contributed by atoms with Gasteiger partial charge in [-0.15, -0.1) is 0 Å². The second kappa shape index (κ2) is 9.99. The number of ether oxygens (including phenoxy) is 1. The first kappa shape index (κ1) is 22.6. The number of rotatable bonds is 6. The van der Waals surface area contributed by atoms with Gasteiger partial charge in [0.25, 0.3) is 0 Å². The molecular formula is C27H22BrN5O2. The molecule has 0 aliphatic heterocycles. The molecule has 0 saturated heterocycles. The van der Waals surface area contributed by atoms with E-state index < -0.39 is 0 Å². The van der Waals surface area contributed by atoms with Crippen molar-refractivity contribution in [2.45, 2.75) is 6.54 Å². The molecule has 0 saturated carbocycles. The van der Waals surface area contributed by atoms with Crippen molar-refractivity contribution < 1.29 is 9.53 Å². The highest BCUT2D eigenvalue weighted by Crippen LogP contribution is 2.28. The Hall–Kier alpha value is -4.17. The quantitative estimate of drug-likeness (QED) is 0.262.